The van der Waals surface area contributed by atoms with Gasteiger partial charge in [0.15, 0.2) is 0 Å². The van der Waals surface area contributed by atoms with E-state index < -0.39 is 0 Å². The van der Waals surface area contributed by atoms with E-state index in [-0.39, 0.29) is 11.8 Å². The summed E-state index contributed by atoms with van der Waals surface area (Å²) in [5.41, 5.74) is 3.40. The number of benzene rings is 2. The number of carbonyl (C=O) groups excluding carboxylic acids is 1. The summed E-state index contributed by atoms with van der Waals surface area (Å²) >= 11 is 0. The Kier molecular flexibility index (Phi) is 4.58. The molecule has 0 fully saturated rings. The van der Waals surface area contributed by atoms with Crippen LogP contribution in [0.15, 0.2) is 36.4 Å². The van der Waals surface area contributed by atoms with Gasteiger partial charge in [0, 0.05) is 0 Å². The van der Waals surface area contributed by atoms with Crippen LogP contribution in [0.3, 0.4) is 0 Å². The fourth-order valence-corrected chi connectivity index (χ4v) is 2.02. The summed E-state index contributed by atoms with van der Waals surface area (Å²) in [5, 5.41) is 2.17. The molecule has 0 aliphatic heterocycles. The molecule has 0 spiro atoms. The maximum Gasteiger partial charge on any atom is 0.250 e. The van der Waals surface area contributed by atoms with Gasteiger partial charge in [0.1, 0.15) is 5.75 Å². The van der Waals surface area contributed by atoms with Crippen LogP contribution in [0.1, 0.15) is 25.3 Å². The standard InChI is InChI=1S/C16H19NO3/c1-4-20-17-16(18)11(2)12-5-6-14-10-15(19-3)8-7-13(14)9-12/h5-11H,4H2,1-3H3,(H,17,18)/t11-/m0/s1. The van der Waals surface area contributed by atoms with Crippen LogP contribution in [0.4, 0.5) is 0 Å². The Morgan fingerprint density at radius 2 is 1.90 bits per heavy atom. The topological polar surface area (TPSA) is 47.6 Å². The van der Waals surface area contributed by atoms with Crippen LogP contribution >= 0.6 is 0 Å². The molecule has 0 radical (unpaired) electrons. The summed E-state index contributed by atoms with van der Waals surface area (Å²) in [5.74, 6) is 0.431. The molecule has 0 unspecified atom stereocenters. The van der Waals surface area contributed by atoms with Crippen LogP contribution in [-0.2, 0) is 9.63 Å². The molecule has 0 aliphatic carbocycles. The summed E-state index contributed by atoms with van der Waals surface area (Å²) < 4.78 is 5.20. The zero-order valence-electron chi connectivity index (χ0n) is 12.0. The molecule has 2 aromatic carbocycles. The highest BCUT2D eigenvalue weighted by molar-refractivity contribution is 5.88. The molecule has 0 aliphatic rings. The summed E-state index contributed by atoms with van der Waals surface area (Å²) in [6.07, 6.45) is 0. The minimum absolute atomic E-state index is 0.139. The molecule has 1 atom stereocenters. The number of hydroxylamine groups is 1. The monoisotopic (exact) mass is 273 g/mol. The Morgan fingerprint density at radius 1 is 1.20 bits per heavy atom. The smallest absolute Gasteiger partial charge is 0.250 e. The second-order valence-corrected chi connectivity index (χ2v) is 4.59. The highest BCUT2D eigenvalue weighted by atomic mass is 16.6. The van der Waals surface area contributed by atoms with Crippen molar-refractivity contribution in [2.75, 3.05) is 13.7 Å². The summed E-state index contributed by atoms with van der Waals surface area (Å²) in [4.78, 5) is 16.8. The van der Waals surface area contributed by atoms with Crippen molar-refractivity contribution in [3.8, 4) is 5.75 Å². The molecule has 2 aromatic rings. The molecular formula is C16H19NO3. The molecule has 2 rings (SSSR count). The Balaban J connectivity index is 2.25. The Bertz CT molecular complexity index is 610. The maximum atomic E-state index is 11.9. The van der Waals surface area contributed by atoms with Gasteiger partial charge in [0.05, 0.1) is 19.6 Å². The van der Waals surface area contributed by atoms with E-state index in [4.69, 9.17) is 9.57 Å². The van der Waals surface area contributed by atoms with E-state index in [1.54, 1.807) is 7.11 Å². The van der Waals surface area contributed by atoms with Crippen LogP contribution in [0.5, 0.6) is 5.75 Å². The second-order valence-electron chi connectivity index (χ2n) is 4.59. The molecular weight excluding hydrogens is 254 g/mol. The second kappa shape index (κ2) is 6.39. The first kappa shape index (κ1) is 14.3. The predicted molar refractivity (Wildman–Crippen MR) is 78.7 cm³/mol. The minimum atomic E-state index is -0.256. The van der Waals surface area contributed by atoms with Crippen LogP contribution in [-0.4, -0.2) is 19.6 Å². The van der Waals surface area contributed by atoms with Crippen molar-refractivity contribution < 1.29 is 14.4 Å². The number of carbonyl (C=O) groups is 1. The number of fused-ring (bicyclic) bond motifs is 1. The van der Waals surface area contributed by atoms with Crippen LogP contribution in [0.25, 0.3) is 10.8 Å². The molecule has 0 saturated carbocycles. The molecule has 106 valence electrons. The molecule has 0 saturated heterocycles. The molecule has 0 bridgehead atoms. The van der Waals surface area contributed by atoms with Crippen molar-refractivity contribution in [1.29, 1.82) is 0 Å². The van der Waals surface area contributed by atoms with E-state index in [1.165, 1.54) is 0 Å². The molecule has 0 heterocycles. The molecule has 20 heavy (non-hydrogen) atoms. The predicted octanol–water partition coefficient (Wildman–Crippen LogP) is 3.02. The average Bonchev–Trinajstić information content (AvgIpc) is 2.50. The number of nitrogens with one attached hydrogen (secondary N) is 1. The van der Waals surface area contributed by atoms with Crippen molar-refractivity contribution in [3.05, 3.63) is 42.0 Å². The number of amides is 1. The third-order valence-electron chi connectivity index (χ3n) is 3.28. The van der Waals surface area contributed by atoms with Crippen molar-refractivity contribution in [1.82, 2.24) is 5.48 Å². The van der Waals surface area contributed by atoms with Gasteiger partial charge < -0.3 is 4.74 Å². The van der Waals surface area contributed by atoms with E-state index in [0.29, 0.717) is 6.61 Å². The average molecular weight is 273 g/mol. The van der Waals surface area contributed by atoms with Gasteiger partial charge >= 0.3 is 0 Å². The first-order valence-corrected chi connectivity index (χ1v) is 6.65. The number of rotatable bonds is 5. The molecule has 4 nitrogen and oxygen atoms in total. The summed E-state index contributed by atoms with van der Waals surface area (Å²) in [7, 11) is 1.65. The number of hydrogen-bond donors (Lipinski definition) is 1. The zero-order valence-corrected chi connectivity index (χ0v) is 12.0. The lowest BCUT2D eigenvalue weighted by Crippen LogP contribution is -2.28. The van der Waals surface area contributed by atoms with E-state index in [0.717, 1.165) is 22.1 Å². The third-order valence-corrected chi connectivity index (χ3v) is 3.28. The third kappa shape index (κ3) is 3.08. The van der Waals surface area contributed by atoms with Gasteiger partial charge in [0.25, 0.3) is 5.91 Å². The van der Waals surface area contributed by atoms with Crippen LogP contribution in [0, 0.1) is 0 Å². The van der Waals surface area contributed by atoms with E-state index in [9.17, 15) is 4.79 Å². The molecule has 1 N–H and O–H groups in total. The van der Waals surface area contributed by atoms with Crippen LogP contribution < -0.4 is 10.2 Å². The van der Waals surface area contributed by atoms with Gasteiger partial charge in [-0.2, -0.15) is 0 Å². The lowest BCUT2D eigenvalue weighted by atomic mass is 9.97. The van der Waals surface area contributed by atoms with Gasteiger partial charge in [-0.25, -0.2) is 5.48 Å². The van der Waals surface area contributed by atoms with Gasteiger partial charge in [-0.1, -0.05) is 24.3 Å². The van der Waals surface area contributed by atoms with Crippen molar-refractivity contribution in [2.45, 2.75) is 19.8 Å². The van der Waals surface area contributed by atoms with Gasteiger partial charge in [-0.05, 0) is 42.3 Å². The lowest BCUT2D eigenvalue weighted by Gasteiger charge is -2.13. The van der Waals surface area contributed by atoms with Gasteiger partial charge in [0.2, 0.25) is 0 Å². The first-order valence-electron chi connectivity index (χ1n) is 6.65. The van der Waals surface area contributed by atoms with Crippen molar-refractivity contribution in [2.24, 2.45) is 0 Å². The summed E-state index contributed by atoms with van der Waals surface area (Å²) in [6, 6.07) is 11.9. The largest absolute Gasteiger partial charge is 0.497 e. The van der Waals surface area contributed by atoms with E-state index >= 15 is 0 Å². The van der Waals surface area contributed by atoms with Crippen molar-refractivity contribution >= 4 is 16.7 Å². The molecule has 1 amide bonds. The summed E-state index contributed by atoms with van der Waals surface area (Å²) in [6.45, 7) is 4.14. The van der Waals surface area contributed by atoms with Gasteiger partial charge in [-0.3, -0.25) is 9.63 Å². The Hall–Kier alpha value is -2.07. The van der Waals surface area contributed by atoms with E-state index in [1.807, 2.05) is 50.2 Å². The Labute approximate surface area is 118 Å². The molecule has 0 aromatic heterocycles. The number of methoxy groups -OCH3 is 1. The maximum absolute atomic E-state index is 11.9. The van der Waals surface area contributed by atoms with Gasteiger partial charge in [-0.15, -0.1) is 0 Å². The fraction of sp³-hybridized carbons (Fsp3) is 0.312. The first-order chi connectivity index (χ1) is 9.65. The fourth-order valence-electron chi connectivity index (χ4n) is 2.02. The highest BCUT2D eigenvalue weighted by Gasteiger charge is 2.15. The number of ether oxygens (including phenoxy) is 1. The highest BCUT2D eigenvalue weighted by Crippen LogP contribution is 2.25. The van der Waals surface area contributed by atoms with Crippen molar-refractivity contribution in [3.63, 3.8) is 0 Å². The lowest BCUT2D eigenvalue weighted by molar-refractivity contribution is -0.134. The SMILES string of the molecule is CCONC(=O)[C@@H](C)c1ccc2cc(OC)ccc2c1. The normalized spacial score (nSPS) is 12.2. The molecule has 4 heteroatoms. The quantitative estimate of drug-likeness (QED) is 0.852. The minimum Gasteiger partial charge on any atom is -0.497 e. The number of hydrogen-bond acceptors (Lipinski definition) is 3. The van der Waals surface area contributed by atoms with Crippen LogP contribution in [0.2, 0.25) is 0 Å². The zero-order chi connectivity index (χ0) is 14.5. The van der Waals surface area contributed by atoms with E-state index in [2.05, 4.69) is 5.48 Å². The Morgan fingerprint density at radius 3 is 2.60 bits per heavy atom.